The van der Waals surface area contributed by atoms with Gasteiger partial charge in [-0.25, -0.2) is 0 Å². The summed E-state index contributed by atoms with van der Waals surface area (Å²) in [6.45, 7) is 0.112. The Bertz CT molecular complexity index is 431. The van der Waals surface area contributed by atoms with Crippen LogP contribution in [-0.2, 0) is 6.61 Å². The lowest BCUT2D eigenvalue weighted by Crippen LogP contribution is -1.81. The molecular weight excluding hydrogens is 208 g/mol. The normalized spacial score (nSPS) is 10.3. The molecule has 1 aromatic carbocycles. The van der Waals surface area contributed by atoms with E-state index in [2.05, 4.69) is 0 Å². The highest BCUT2D eigenvalue weighted by molar-refractivity contribution is 7.15. The zero-order valence-corrected chi connectivity index (χ0v) is 9.25. The second-order valence-electron chi connectivity index (χ2n) is 3.15. The van der Waals surface area contributed by atoms with Crippen LogP contribution in [0.25, 0.3) is 10.4 Å². The lowest BCUT2D eigenvalue weighted by Gasteiger charge is -2.00. The number of aliphatic hydroxyl groups excluding tert-OH is 1. The molecule has 1 N–H and O–H groups in total. The Morgan fingerprint density at radius 2 is 1.87 bits per heavy atom. The number of thiophene rings is 1. The fraction of sp³-hybridized carbons (Fsp3) is 0.167. The summed E-state index contributed by atoms with van der Waals surface area (Å²) in [4.78, 5) is 2.16. The van der Waals surface area contributed by atoms with Gasteiger partial charge in [0.15, 0.2) is 0 Å². The van der Waals surface area contributed by atoms with Gasteiger partial charge < -0.3 is 9.84 Å². The highest BCUT2D eigenvalue weighted by Crippen LogP contribution is 2.29. The zero-order chi connectivity index (χ0) is 10.7. The molecule has 1 aromatic heterocycles. The molecule has 1 heterocycles. The Morgan fingerprint density at radius 1 is 1.13 bits per heavy atom. The summed E-state index contributed by atoms with van der Waals surface area (Å²) in [6.07, 6.45) is 0. The van der Waals surface area contributed by atoms with Gasteiger partial charge in [-0.3, -0.25) is 0 Å². The molecule has 0 saturated heterocycles. The minimum atomic E-state index is 0.112. The van der Waals surface area contributed by atoms with Crippen molar-refractivity contribution < 1.29 is 9.84 Å². The van der Waals surface area contributed by atoms with Crippen LogP contribution in [0.2, 0.25) is 0 Å². The van der Waals surface area contributed by atoms with Gasteiger partial charge in [-0.2, -0.15) is 0 Å². The van der Waals surface area contributed by atoms with Crippen molar-refractivity contribution in [2.45, 2.75) is 6.61 Å². The Balaban J connectivity index is 2.28. The lowest BCUT2D eigenvalue weighted by molar-refractivity contribution is 0.285. The molecule has 0 bridgehead atoms. The standard InChI is InChI=1S/C12H12O2S/c1-14-10-4-2-9(3-5-10)12-7-6-11(8-13)15-12/h2-7,13H,8H2,1H3. The van der Waals surface area contributed by atoms with Crippen molar-refractivity contribution in [2.75, 3.05) is 7.11 Å². The van der Waals surface area contributed by atoms with Gasteiger partial charge >= 0.3 is 0 Å². The lowest BCUT2D eigenvalue weighted by atomic mass is 10.2. The van der Waals surface area contributed by atoms with Crippen molar-refractivity contribution in [3.63, 3.8) is 0 Å². The van der Waals surface area contributed by atoms with Gasteiger partial charge in [0, 0.05) is 9.75 Å². The van der Waals surface area contributed by atoms with Crippen molar-refractivity contribution in [1.29, 1.82) is 0 Å². The van der Waals surface area contributed by atoms with Crippen LogP contribution in [0, 0.1) is 0 Å². The third-order valence-corrected chi connectivity index (χ3v) is 3.31. The second kappa shape index (κ2) is 4.47. The molecule has 0 aliphatic carbocycles. The van der Waals surface area contributed by atoms with E-state index in [-0.39, 0.29) is 6.61 Å². The van der Waals surface area contributed by atoms with Crippen LogP contribution in [0.5, 0.6) is 5.75 Å². The Hall–Kier alpha value is -1.32. The minimum Gasteiger partial charge on any atom is -0.497 e. The first-order valence-electron chi connectivity index (χ1n) is 4.67. The van der Waals surface area contributed by atoms with Gasteiger partial charge in [-0.15, -0.1) is 11.3 Å². The summed E-state index contributed by atoms with van der Waals surface area (Å²) in [5, 5.41) is 8.97. The van der Waals surface area contributed by atoms with E-state index in [1.54, 1.807) is 18.4 Å². The summed E-state index contributed by atoms with van der Waals surface area (Å²) >= 11 is 1.61. The number of rotatable bonds is 3. The average Bonchev–Trinajstić information content (AvgIpc) is 2.78. The predicted molar refractivity (Wildman–Crippen MR) is 62.2 cm³/mol. The van der Waals surface area contributed by atoms with Gasteiger partial charge in [0.05, 0.1) is 13.7 Å². The number of aliphatic hydroxyl groups is 1. The molecule has 0 aliphatic heterocycles. The topological polar surface area (TPSA) is 29.5 Å². The maximum absolute atomic E-state index is 8.97. The molecule has 0 aliphatic rings. The first-order valence-corrected chi connectivity index (χ1v) is 5.49. The third-order valence-electron chi connectivity index (χ3n) is 2.19. The molecule has 78 valence electrons. The average molecular weight is 220 g/mol. The van der Waals surface area contributed by atoms with E-state index in [0.717, 1.165) is 16.2 Å². The quantitative estimate of drug-likeness (QED) is 0.861. The van der Waals surface area contributed by atoms with Crippen LogP contribution in [0.15, 0.2) is 36.4 Å². The van der Waals surface area contributed by atoms with Crippen molar-refractivity contribution in [2.24, 2.45) is 0 Å². The zero-order valence-electron chi connectivity index (χ0n) is 8.43. The fourth-order valence-corrected chi connectivity index (χ4v) is 2.25. The highest BCUT2D eigenvalue weighted by Gasteiger charge is 2.02. The number of methoxy groups -OCH3 is 1. The molecule has 3 heteroatoms. The molecule has 0 saturated carbocycles. The van der Waals surface area contributed by atoms with Gasteiger partial charge in [0.25, 0.3) is 0 Å². The Kier molecular flexibility index (Phi) is 3.04. The molecule has 0 fully saturated rings. The number of hydrogen-bond acceptors (Lipinski definition) is 3. The van der Waals surface area contributed by atoms with E-state index in [9.17, 15) is 0 Å². The van der Waals surface area contributed by atoms with Gasteiger partial charge in [0.2, 0.25) is 0 Å². The molecule has 15 heavy (non-hydrogen) atoms. The van der Waals surface area contributed by atoms with E-state index in [1.807, 2.05) is 36.4 Å². The molecule has 0 spiro atoms. The highest BCUT2D eigenvalue weighted by atomic mass is 32.1. The Morgan fingerprint density at radius 3 is 2.40 bits per heavy atom. The van der Waals surface area contributed by atoms with Crippen LogP contribution < -0.4 is 4.74 Å². The molecule has 0 amide bonds. The molecule has 2 rings (SSSR count). The van der Waals surface area contributed by atoms with Crippen molar-refractivity contribution >= 4 is 11.3 Å². The summed E-state index contributed by atoms with van der Waals surface area (Å²) in [5.41, 5.74) is 1.15. The summed E-state index contributed by atoms with van der Waals surface area (Å²) in [6, 6.07) is 11.9. The molecule has 0 unspecified atom stereocenters. The van der Waals surface area contributed by atoms with Crippen molar-refractivity contribution in [1.82, 2.24) is 0 Å². The van der Waals surface area contributed by atoms with Crippen molar-refractivity contribution in [3.05, 3.63) is 41.3 Å². The van der Waals surface area contributed by atoms with Crippen LogP contribution in [0.3, 0.4) is 0 Å². The number of hydrogen-bond donors (Lipinski definition) is 1. The first-order chi connectivity index (χ1) is 7.33. The van der Waals surface area contributed by atoms with Crippen LogP contribution in [0.1, 0.15) is 4.88 Å². The van der Waals surface area contributed by atoms with Crippen LogP contribution in [0.4, 0.5) is 0 Å². The molecule has 0 atom stereocenters. The largest absolute Gasteiger partial charge is 0.497 e. The molecule has 2 aromatic rings. The maximum Gasteiger partial charge on any atom is 0.118 e. The van der Waals surface area contributed by atoms with Gasteiger partial charge in [-0.05, 0) is 42.0 Å². The predicted octanol–water partition coefficient (Wildman–Crippen LogP) is 2.92. The van der Waals surface area contributed by atoms with Gasteiger partial charge in [-0.1, -0.05) is 0 Å². The monoisotopic (exact) mass is 220 g/mol. The molecule has 0 radical (unpaired) electrons. The first kappa shape index (κ1) is 10.2. The van der Waals surface area contributed by atoms with E-state index in [0.29, 0.717) is 0 Å². The molecular formula is C12H12O2S. The number of ether oxygens (including phenoxy) is 1. The fourth-order valence-electron chi connectivity index (χ4n) is 1.37. The van der Waals surface area contributed by atoms with Crippen molar-refractivity contribution in [3.8, 4) is 16.2 Å². The number of benzene rings is 1. The summed E-state index contributed by atoms with van der Waals surface area (Å²) in [7, 11) is 1.66. The summed E-state index contributed by atoms with van der Waals surface area (Å²) in [5.74, 6) is 0.859. The van der Waals surface area contributed by atoms with E-state index in [1.165, 1.54) is 4.88 Å². The minimum absolute atomic E-state index is 0.112. The Labute approximate surface area is 92.8 Å². The summed E-state index contributed by atoms with van der Waals surface area (Å²) < 4.78 is 5.09. The second-order valence-corrected chi connectivity index (χ2v) is 4.32. The smallest absolute Gasteiger partial charge is 0.118 e. The molecule has 2 nitrogen and oxygen atoms in total. The maximum atomic E-state index is 8.97. The van der Waals surface area contributed by atoms with E-state index in [4.69, 9.17) is 9.84 Å². The van der Waals surface area contributed by atoms with E-state index < -0.39 is 0 Å². The SMILES string of the molecule is COc1ccc(-c2ccc(CO)s2)cc1. The third kappa shape index (κ3) is 2.19. The van der Waals surface area contributed by atoms with Crippen LogP contribution >= 0.6 is 11.3 Å². The van der Waals surface area contributed by atoms with Crippen LogP contribution in [-0.4, -0.2) is 12.2 Å². The van der Waals surface area contributed by atoms with E-state index >= 15 is 0 Å². The van der Waals surface area contributed by atoms with Gasteiger partial charge in [0.1, 0.15) is 5.75 Å².